The molecule has 1 aliphatic rings. The number of nitrogens with one attached hydrogen (secondary N) is 1. The second-order valence-electron chi connectivity index (χ2n) is 6.80. The molecule has 2 atom stereocenters. The summed E-state index contributed by atoms with van der Waals surface area (Å²) in [6.45, 7) is 10.7. The van der Waals surface area contributed by atoms with Crippen molar-refractivity contribution in [2.45, 2.75) is 58.9 Å². The minimum Gasteiger partial charge on any atom is -0.381 e. The summed E-state index contributed by atoms with van der Waals surface area (Å²) >= 11 is 0. The standard InChI is InChI=1S/C17H35N3O2/c1-14(2)6-4-7-15(3)20-17(18)19-9-5-10-21-12-16-8-11-22-13-16/h14-16H,4-13H2,1-3H3,(H3,18,19,20). The summed E-state index contributed by atoms with van der Waals surface area (Å²) in [5.41, 5.74) is 5.90. The third-order valence-electron chi connectivity index (χ3n) is 3.92. The molecule has 1 rings (SSSR count). The van der Waals surface area contributed by atoms with E-state index in [1.165, 1.54) is 12.8 Å². The molecule has 2 unspecified atom stereocenters. The second kappa shape index (κ2) is 11.7. The van der Waals surface area contributed by atoms with Crippen LogP contribution in [0.3, 0.4) is 0 Å². The SMILES string of the molecule is CC(C)CCCC(C)NC(N)=NCCCOCC1CCOC1. The zero-order valence-corrected chi connectivity index (χ0v) is 14.6. The van der Waals surface area contributed by atoms with Gasteiger partial charge < -0.3 is 20.5 Å². The molecule has 0 aromatic heterocycles. The Bertz CT molecular complexity index is 302. The Morgan fingerprint density at radius 2 is 2.14 bits per heavy atom. The number of aliphatic imine (C=N–C) groups is 1. The topological polar surface area (TPSA) is 68.9 Å². The van der Waals surface area contributed by atoms with Gasteiger partial charge in [0.2, 0.25) is 0 Å². The number of rotatable bonds is 11. The molecule has 0 radical (unpaired) electrons. The maximum absolute atomic E-state index is 5.90. The molecule has 130 valence electrons. The molecule has 5 heteroatoms. The maximum Gasteiger partial charge on any atom is 0.188 e. The third-order valence-corrected chi connectivity index (χ3v) is 3.92. The van der Waals surface area contributed by atoms with E-state index in [9.17, 15) is 0 Å². The van der Waals surface area contributed by atoms with Gasteiger partial charge in [-0.25, -0.2) is 0 Å². The van der Waals surface area contributed by atoms with E-state index in [4.69, 9.17) is 15.2 Å². The van der Waals surface area contributed by atoms with Gasteiger partial charge in [-0.1, -0.05) is 26.7 Å². The maximum atomic E-state index is 5.90. The summed E-state index contributed by atoms with van der Waals surface area (Å²) in [5.74, 6) is 1.91. The van der Waals surface area contributed by atoms with Gasteiger partial charge in [-0.3, -0.25) is 4.99 Å². The highest BCUT2D eigenvalue weighted by molar-refractivity contribution is 5.78. The fourth-order valence-corrected chi connectivity index (χ4v) is 2.53. The van der Waals surface area contributed by atoms with Crippen molar-refractivity contribution in [3.05, 3.63) is 0 Å². The summed E-state index contributed by atoms with van der Waals surface area (Å²) < 4.78 is 11.0. The average molecular weight is 313 g/mol. The number of ether oxygens (including phenoxy) is 2. The highest BCUT2D eigenvalue weighted by Gasteiger charge is 2.15. The van der Waals surface area contributed by atoms with Gasteiger partial charge in [0.1, 0.15) is 0 Å². The minimum absolute atomic E-state index is 0.390. The molecule has 0 aliphatic carbocycles. The molecule has 1 fully saturated rings. The summed E-state index contributed by atoms with van der Waals surface area (Å²) in [7, 11) is 0. The first kappa shape index (κ1) is 19.2. The monoisotopic (exact) mass is 313 g/mol. The van der Waals surface area contributed by atoms with Gasteiger partial charge in [-0.2, -0.15) is 0 Å². The van der Waals surface area contributed by atoms with Crippen LogP contribution in [-0.4, -0.2) is 45.0 Å². The Hall–Kier alpha value is -0.810. The van der Waals surface area contributed by atoms with Gasteiger partial charge in [-0.15, -0.1) is 0 Å². The van der Waals surface area contributed by atoms with Crippen LogP contribution in [0.2, 0.25) is 0 Å². The number of hydrogen-bond donors (Lipinski definition) is 2. The van der Waals surface area contributed by atoms with Crippen molar-refractivity contribution < 1.29 is 9.47 Å². The molecule has 1 heterocycles. The van der Waals surface area contributed by atoms with Crippen LogP contribution < -0.4 is 11.1 Å². The molecule has 5 nitrogen and oxygen atoms in total. The number of guanidine groups is 1. The van der Waals surface area contributed by atoms with Crippen molar-refractivity contribution in [1.29, 1.82) is 0 Å². The van der Waals surface area contributed by atoms with Crippen molar-refractivity contribution in [3.63, 3.8) is 0 Å². The van der Waals surface area contributed by atoms with E-state index in [0.29, 0.717) is 17.9 Å². The lowest BCUT2D eigenvalue weighted by molar-refractivity contribution is 0.0893. The molecule has 22 heavy (non-hydrogen) atoms. The molecule has 1 saturated heterocycles. The molecular weight excluding hydrogens is 278 g/mol. The van der Waals surface area contributed by atoms with Gasteiger partial charge in [0.05, 0.1) is 13.2 Å². The molecule has 0 saturated carbocycles. The quantitative estimate of drug-likeness (QED) is 0.349. The van der Waals surface area contributed by atoms with E-state index in [2.05, 4.69) is 31.1 Å². The molecule has 3 N–H and O–H groups in total. The number of hydrogen-bond acceptors (Lipinski definition) is 3. The zero-order valence-electron chi connectivity index (χ0n) is 14.6. The van der Waals surface area contributed by atoms with Crippen LogP contribution in [-0.2, 0) is 9.47 Å². The largest absolute Gasteiger partial charge is 0.381 e. The highest BCUT2D eigenvalue weighted by Crippen LogP contribution is 2.12. The summed E-state index contributed by atoms with van der Waals surface area (Å²) in [6, 6.07) is 0.390. The summed E-state index contributed by atoms with van der Waals surface area (Å²) in [4.78, 5) is 4.36. The van der Waals surface area contributed by atoms with Crippen LogP contribution >= 0.6 is 0 Å². The van der Waals surface area contributed by atoms with Gasteiger partial charge in [0.25, 0.3) is 0 Å². The molecule has 0 aromatic rings. The van der Waals surface area contributed by atoms with Crippen LogP contribution in [0.25, 0.3) is 0 Å². The first-order chi connectivity index (χ1) is 10.6. The molecule has 1 aliphatic heterocycles. The fourth-order valence-electron chi connectivity index (χ4n) is 2.53. The lowest BCUT2D eigenvalue weighted by Crippen LogP contribution is -2.38. The zero-order chi connectivity index (χ0) is 16.2. The Kier molecular flexibility index (Phi) is 10.2. The molecule has 0 bridgehead atoms. The van der Waals surface area contributed by atoms with E-state index in [1.54, 1.807) is 0 Å². The third kappa shape index (κ3) is 10.0. The fraction of sp³-hybridized carbons (Fsp3) is 0.941. The predicted octanol–water partition coefficient (Wildman–Crippen LogP) is 2.55. The lowest BCUT2D eigenvalue weighted by atomic mass is 10.0. The Balaban J connectivity index is 1.97. The van der Waals surface area contributed by atoms with Gasteiger partial charge in [0.15, 0.2) is 5.96 Å². The van der Waals surface area contributed by atoms with Crippen molar-refractivity contribution in [3.8, 4) is 0 Å². The van der Waals surface area contributed by atoms with E-state index in [1.807, 2.05) is 0 Å². The van der Waals surface area contributed by atoms with Crippen LogP contribution in [0.15, 0.2) is 4.99 Å². The summed E-state index contributed by atoms with van der Waals surface area (Å²) in [6.07, 6.45) is 5.69. The van der Waals surface area contributed by atoms with Gasteiger partial charge >= 0.3 is 0 Å². The lowest BCUT2D eigenvalue weighted by Gasteiger charge is -2.15. The highest BCUT2D eigenvalue weighted by atomic mass is 16.5. The smallest absolute Gasteiger partial charge is 0.188 e. The number of nitrogens with zero attached hydrogens (tertiary/aromatic N) is 1. The van der Waals surface area contributed by atoms with E-state index < -0.39 is 0 Å². The van der Waals surface area contributed by atoms with Crippen molar-refractivity contribution in [2.24, 2.45) is 22.6 Å². The van der Waals surface area contributed by atoms with Gasteiger partial charge in [-0.05, 0) is 32.1 Å². The first-order valence-corrected chi connectivity index (χ1v) is 8.80. The van der Waals surface area contributed by atoms with Crippen LogP contribution in [0.4, 0.5) is 0 Å². The molecule has 0 amide bonds. The predicted molar refractivity (Wildman–Crippen MR) is 92.1 cm³/mol. The van der Waals surface area contributed by atoms with Crippen LogP contribution in [0, 0.1) is 11.8 Å². The normalized spacial score (nSPS) is 20.5. The first-order valence-electron chi connectivity index (χ1n) is 8.80. The van der Waals surface area contributed by atoms with E-state index in [0.717, 1.165) is 58.2 Å². The van der Waals surface area contributed by atoms with E-state index in [-0.39, 0.29) is 0 Å². The Labute approximate surface area is 136 Å². The van der Waals surface area contributed by atoms with Crippen molar-refractivity contribution in [2.75, 3.05) is 33.0 Å². The number of nitrogens with two attached hydrogens (primary N) is 1. The Morgan fingerprint density at radius 3 is 2.82 bits per heavy atom. The second-order valence-corrected chi connectivity index (χ2v) is 6.80. The minimum atomic E-state index is 0.390. The molecule has 0 aromatic carbocycles. The van der Waals surface area contributed by atoms with Crippen molar-refractivity contribution >= 4 is 5.96 Å². The van der Waals surface area contributed by atoms with Crippen molar-refractivity contribution in [1.82, 2.24) is 5.32 Å². The molecular formula is C17H35N3O2. The van der Waals surface area contributed by atoms with Crippen LogP contribution in [0.5, 0.6) is 0 Å². The van der Waals surface area contributed by atoms with Gasteiger partial charge in [0, 0.05) is 31.7 Å². The average Bonchev–Trinajstić information content (AvgIpc) is 2.95. The summed E-state index contributed by atoms with van der Waals surface area (Å²) in [5, 5.41) is 3.26. The van der Waals surface area contributed by atoms with E-state index >= 15 is 0 Å². The Morgan fingerprint density at radius 1 is 1.32 bits per heavy atom. The molecule has 0 spiro atoms. The van der Waals surface area contributed by atoms with Crippen LogP contribution in [0.1, 0.15) is 52.9 Å².